The van der Waals surface area contributed by atoms with Gasteiger partial charge in [0.1, 0.15) is 0 Å². The van der Waals surface area contributed by atoms with E-state index in [-0.39, 0.29) is 17.6 Å². The van der Waals surface area contributed by atoms with Crippen LogP contribution >= 0.6 is 0 Å². The zero-order chi connectivity index (χ0) is 18.4. The molecule has 1 heterocycles. The monoisotopic (exact) mass is 343 g/mol. The van der Waals surface area contributed by atoms with Gasteiger partial charge in [0.15, 0.2) is 5.69 Å². The number of rotatable bonds is 7. The second-order valence-corrected chi connectivity index (χ2v) is 6.08. The van der Waals surface area contributed by atoms with Gasteiger partial charge in [0, 0.05) is 19.2 Å². The molecule has 1 amide bonds. The van der Waals surface area contributed by atoms with Gasteiger partial charge in [-0.2, -0.15) is 5.10 Å². The molecule has 2 rings (SSSR count). The van der Waals surface area contributed by atoms with Crippen LogP contribution in [0.25, 0.3) is 0 Å². The van der Waals surface area contributed by atoms with E-state index >= 15 is 0 Å². The van der Waals surface area contributed by atoms with Gasteiger partial charge in [-0.1, -0.05) is 23.8 Å². The lowest BCUT2D eigenvalue weighted by Crippen LogP contribution is -2.28. The Morgan fingerprint density at radius 2 is 2.04 bits per heavy atom. The summed E-state index contributed by atoms with van der Waals surface area (Å²) < 4.78 is 6.47. The Morgan fingerprint density at radius 1 is 1.28 bits per heavy atom. The summed E-state index contributed by atoms with van der Waals surface area (Å²) in [7, 11) is 0. The molecule has 0 aliphatic carbocycles. The number of ether oxygens (including phenoxy) is 1. The molecule has 0 aliphatic rings. The molecule has 134 valence electrons. The molecule has 6 heteroatoms. The Hall–Kier alpha value is -2.63. The standard InChI is InChI=1S/C19H25N3O3/c1-5-25-19(24)17-8-10-22(21-17)11-9-18(23)20-15(4)16-7-6-13(2)12-14(16)3/h6-8,10,12,15H,5,9,11H2,1-4H3,(H,20,23). The number of carbonyl (C=O) groups excluding carboxylic acids is 2. The van der Waals surface area contributed by atoms with E-state index in [9.17, 15) is 9.59 Å². The average Bonchev–Trinajstić information content (AvgIpc) is 3.02. The number of hydrogen-bond donors (Lipinski definition) is 1. The topological polar surface area (TPSA) is 73.2 Å². The fourth-order valence-corrected chi connectivity index (χ4v) is 2.72. The van der Waals surface area contributed by atoms with Crippen molar-refractivity contribution in [2.75, 3.05) is 6.61 Å². The number of amides is 1. The van der Waals surface area contributed by atoms with Crippen molar-refractivity contribution in [2.24, 2.45) is 0 Å². The third kappa shape index (κ3) is 5.17. The second-order valence-electron chi connectivity index (χ2n) is 6.08. The van der Waals surface area contributed by atoms with Crippen LogP contribution in [-0.4, -0.2) is 28.3 Å². The number of esters is 1. The quantitative estimate of drug-likeness (QED) is 0.785. The predicted octanol–water partition coefficient (Wildman–Crippen LogP) is 2.94. The Labute approximate surface area is 148 Å². The highest BCUT2D eigenvalue weighted by atomic mass is 16.5. The molecule has 0 bridgehead atoms. The summed E-state index contributed by atoms with van der Waals surface area (Å²) in [5.74, 6) is -0.505. The van der Waals surface area contributed by atoms with E-state index in [1.165, 1.54) is 11.1 Å². The summed E-state index contributed by atoms with van der Waals surface area (Å²) in [5.41, 5.74) is 3.74. The molecule has 1 N–H and O–H groups in total. The molecule has 1 aromatic heterocycles. The minimum atomic E-state index is -0.450. The molecule has 25 heavy (non-hydrogen) atoms. The van der Waals surface area contributed by atoms with Gasteiger partial charge in [-0.15, -0.1) is 0 Å². The SMILES string of the molecule is CCOC(=O)c1ccn(CCC(=O)NC(C)c2ccc(C)cc2C)n1. The highest BCUT2D eigenvalue weighted by Crippen LogP contribution is 2.18. The molecule has 0 radical (unpaired) electrons. The minimum absolute atomic E-state index is 0.0548. The molecule has 1 unspecified atom stereocenters. The van der Waals surface area contributed by atoms with Gasteiger partial charge in [-0.05, 0) is 44.9 Å². The van der Waals surface area contributed by atoms with Gasteiger partial charge in [-0.25, -0.2) is 4.79 Å². The maximum atomic E-state index is 12.2. The maximum Gasteiger partial charge on any atom is 0.358 e. The van der Waals surface area contributed by atoms with Crippen LogP contribution in [-0.2, 0) is 16.1 Å². The van der Waals surface area contributed by atoms with E-state index in [2.05, 4.69) is 29.5 Å². The van der Waals surface area contributed by atoms with Gasteiger partial charge in [0.25, 0.3) is 0 Å². The van der Waals surface area contributed by atoms with E-state index in [1.54, 1.807) is 23.9 Å². The van der Waals surface area contributed by atoms with Crippen LogP contribution in [0.2, 0.25) is 0 Å². The normalized spacial score (nSPS) is 11.8. The van der Waals surface area contributed by atoms with Crippen LogP contribution in [0.15, 0.2) is 30.5 Å². The van der Waals surface area contributed by atoms with Crippen molar-refractivity contribution in [3.8, 4) is 0 Å². The third-order valence-electron chi connectivity index (χ3n) is 3.96. The lowest BCUT2D eigenvalue weighted by Gasteiger charge is -2.17. The molecule has 1 aromatic carbocycles. The summed E-state index contributed by atoms with van der Waals surface area (Å²) in [4.78, 5) is 23.8. The van der Waals surface area contributed by atoms with Crippen LogP contribution in [0.1, 0.15) is 53.5 Å². The zero-order valence-corrected chi connectivity index (χ0v) is 15.2. The summed E-state index contributed by atoms with van der Waals surface area (Å²) in [6.07, 6.45) is 1.96. The van der Waals surface area contributed by atoms with Crippen molar-refractivity contribution >= 4 is 11.9 Å². The van der Waals surface area contributed by atoms with E-state index in [0.717, 1.165) is 5.56 Å². The number of aryl methyl sites for hydroxylation is 3. The maximum absolute atomic E-state index is 12.2. The van der Waals surface area contributed by atoms with Crippen LogP contribution in [0.4, 0.5) is 0 Å². The summed E-state index contributed by atoms with van der Waals surface area (Å²) >= 11 is 0. The molecule has 0 fully saturated rings. The highest BCUT2D eigenvalue weighted by Gasteiger charge is 2.13. The fraction of sp³-hybridized carbons (Fsp3) is 0.421. The predicted molar refractivity (Wildman–Crippen MR) is 95.3 cm³/mol. The minimum Gasteiger partial charge on any atom is -0.461 e. The van der Waals surface area contributed by atoms with E-state index < -0.39 is 5.97 Å². The van der Waals surface area contributed by atoms with Gasteiger partial charge < -0.3 is 10.1 Å². The van der Waals surface area contributed by atoms with E-state index in [0.29, 0.717) is 19.6 Å². The Bertz CT molecular complexity index is 752. The molecule has 0 saturated carbocycles. The number of benzene rings is 1. The molecule has 0 saturated heterocycles. The Balaban J connectivity index is 1.87. The summed E-state index contributed by atoms with van der Waals surface area (Å²) in [5, 5.41) is 7.13. The molecular weight excluding hydrogens is 318 g/mol. The van der Waals surface area contributed by atoms with Crippen LogP contribution in [0, 0.1) is 13.8 Å². The third-order valence-corrected chi connectivity index (χ3v) is 3.96. The number of aromatic nitrogens is 2. The lowest BCUT2D eigenvalue weighted by molar-refractivity contribution is -0.122. The first-order valence-corrected chi connectivity index (χ1v) is 8.47. The van der Waals surface area contributed by atoms with Crippen molar-refractivity contribution in [1.82, 2.24) is 15.1 Å². The smallest absolute Gasteiger partial charge is 0.358 e. The van der Waals surface area contributed by atoms with Crippen molar-refractivity contribution in [3.05, 3.63) is 52.8 Å². The molecule has 2 aromatic rings. The molecular formula is C19H25N3O3. The van der Waals surface area contributed by atoms with E-state index in [1.807, 2.05) is 19.9 Å². The molecule has 1 atom stereocenters. The van der Waals surface area contributed by atoms with Crippen molar-refractivity contribution in [3.63, 3.8) is 0 Å². The van der Waals surface area contributed by atoms with Gasteiger partial charge in [-0.3, -0.25) is 9.48 Å². The van der Waals surface area contributed by atoms with Crippen molar-refractivity contribution < 1.29 is 14.3 Å². The number of nitrogens with zero attached hydrogens (tertiary/aromatic N) is 2. The molecule has 0 spiro atoms. The van der Waals surface area contributed by atoms with Gasteiger partial charge in [0.2, 0.25) is 5.91 Å². The second kappa shape index (κ2) is 8.46. The first-order valence-electron chi connectivity index (χ1n) is 8.47. The summed E-state index contributed by atoms with van der Waals surface area (Å²) in [6.45, 7) is 8.54. The van der Waals surface area contributed by atoms with Gasteiger partial charge >= 0.3 is 5.97 Å². The Morgan fingerprint density at radius 3 is 2.72 bits per heavy atom. The number of hydrogen-bond acceptors (Lipinski definition) is 4. The molecule has 6 nitrogen and oxygen atoms in total. The van der Waals surface area contributed by atoms with Crippen LogP contribution in [0.3, 0.4) is 0 Å². The van der Waals surface area contributed by atoms with Gasteiger partial charge in [0.05, 0.1) is 12.6 Å². The van der Waals surface area contributed by atoms with Crippen LogP contribution < -0.4 is 5.32 Å². The van der Waals surface area contributed by atoms with Crippen molar-refractivity contribution in [2.45, 2.75) is 46.7 Å². The largest absolute Gasteiger partial charge is 0.461 e. The lowest BCUT2D eigenvalue weighted by atomic mass is 10.0. The average molecular weight is 343 g/mol. The van der Waals surface area contributed by atoms with Crippen LogP contribution in [0.5, 0.6) is 0 Å². The number of carbonyl (C=O) groups is 2. The first kappa shape index (κ1) is 18.7. The fourth-order valence-electron chi connectivity index (χ4n) is 2.72. The van der Waals surface area contributed by atoms with E-state index in [4.69, 9.17) is 4.74 Å². The molecule has 0 aliphatic heterocycles. The highest BCUT2D eigenvalue weighted by molar-refractivity contribution is 5.87. The summed E-state index contributed by atoms with van der Waals surface area (Å²) in [6, 6.07) is 7.74. The number of nitrogens with one attached hydrogen (secondary N) is 1. The zero-order valence-electron chi connectivity index (χ0n) is 15.2. The van der Waals surface area contributed by atoms with Crippen molar-refractivity contribution in [1.29, 1.82) is 0 Å². The first-order chi connectivity index (χ1) is 11.9. The Kier molecular flexibility index (Phi) is 6.33.